The quantitative estimate of drug-likeness (QED) is 0.356. The van der Waals surface area contributed by atoms with Crippen LogP contribution < -0.4 is 10.9 Å². The highest BCUT2D eigenvalue weighted by molar-refractivity contribution is 14.1. The minimum atomic E-state index is -0.917. The van der Waals surface area contributed by atoms with Gasteiger partial charge in [-0.2, -0.15) is 0 Å². The lowest BCUT2D eigenvalue weighted by Gasteiger charge is -2.14. The Morgan fingerprint density at radius 2 is 2.11 bits per heavy atom. The van der Waals surface area contributed by atoms with Crippen LogP contribution in [0.3, 0.4) is 0 Å². The van der Waals surface area contributed by atoms with Crippen molar-refractivity contribution in [3.63, 3.8) is 0 Å². The van der Waals surface area contributed by atoms with E-state index < -0.39 is 18.2 Å². The normalized spacial score (nSPS) is 31.1. The second-order valence-electron chi connectivity index (χ2n) is 4.59. The maximum Gasteiger partial charge on any atom is 0.275 e. The maximum atomic E-state index is 11.6. The molecule has 0 amide bonds. The highest BCUT2D eigenvalue weighted by Gasteiger charge is 2.42. The van der Waals surface area contributed by atoms with Gasteiger partial charge < -0.3 is 25.5 Å². The predicted octanol–water partition coefficient (Wildman–Crippen LogP) is -0.579. The molecule has 7 nitrogen and oxygen atoms in total. The molecule has 0 saturated carbocycles. The molecule has 0 aliphatic carbocycles. The van der Waals surface area contributed by atoms with Crippen LogP contribution in [0.2, 0.25) is 0 Å². The maximum absolute atomic E-state index is 11.6. The number of aliphatic hydroxyl groups is 2. The van der Waals surface area contributed by atoms with Gasteiger partial charge in [0.2, 0.25) is 0 Å². The molecule has 2 aromatic rings. The Kier molecular flexibility index (Phi) is 3.33. The first-order valence-electron chi connectivity index (χ1n) is 5.86. The van der Waals surface area contributed by atoms with E-state index in [0.717, 1.165) is 0 Å². The van der Waals surface area contributed by atoms with Crippen LogP contribution >= 0.6 is 22.6 Å². The predicted molar refractivity (Wildman–Crippen MR) is 77.3 cm³/mol. The molecule has 1 saturated heterocycles. The van der Waals surface area contributed by atoms with E-state index in [1.54, 1.807) is 6.20 Å². The molecule has 0 unspecified atom stereocenters. The molecule has 3 rings (SSSR count). The number of fused-ring (bicyclic) bond motifs is 1. The van der Waals surface area contributed by atoms with Crippen molar-refractivity contribution in [3.8, 4) is 0 Å². The Bertz CT molecular complexity index is 655. The average Bonchev–Trinajstić information content (AvgIpc) is 2.94. The fraction of sp³-hybridized carbons (Fsp3) is 0.455. The Labute approximate surface area is 121 Å². The second-order valence-corrected chi connectivity index (χ2v) is 5.47. The largest absolute Gasteiger partial charge is 0.389 e. The van der Waals surface area contributed by atoms with E-state index >= 15 is 0 Å². The first-order valence-corrected chi connectivity index (χ1v) is 7.39. The van der Waals surface area contributed by atoms with Crippen molar-refractivity contribution in [2.45, 2.75) is 24.3 Å². The molecule has 0 radical (unpaired) electrons. The van der Waals surface area contributed by atoms with E-state index in [0.29, 0.717) is 21.0 Å². The SMILES string of the molecule is O=c1[nH]cnc2c([C@@H]3N[C@H](CI)[C@@H](O)[C@H]3O)c[nH]c12. The molecule has 4 atom stereocenters. The third kappa shape index (κ3) is 1.98. The number of alkyl halides is 1. The van der Waals surface area contributed by atoms with Gasteiger partial charge in [0.05, 0.1) is 18.5 Å². The van der Waals surface area contributed by atoms with Crippen molar-refractivity contribution in [2.75, 3.05) is 4.43 Å². The zero-order valence-electron chi connectivity index (χ0n) is 9.80. The summed E-state index contributed by atoms with van der Waals surface area (Å²) in [5.41, 5.74) is 1.33. The number of aliphatic hydroxyl groups excluding tert-OH is 2. The van der Waals surface area contributed by atoms with Crippen LogP contribution in [0.15, 0.2) is 17.3 Å². The molecule has 3 heterocycles. The van der Waals surface area contributed by atoms with Crippen LogP contribution in [0, 0.1) is 0 Å². The van der Waals surface area contributed by atoms with E-state index in [1.165, 1.54) is 6.33 Å². The molecule has 19 heavy (non-hydrogen) atoms. The molecule has 0 spiro atoms. The van der Waals surface area contributed by atoms with Crippen LogP contribution in [0.4, 0.5) is 0 Å². The summed E-state index contributed by atoms with van der Waals surface area (Å²) in [5.74, 6) is 0. The van der Waals surface area contributed by atoms with Crippen LogP contribution in [-0.4, -0.2) is 47.8 Å². The minimum Gasteiger partial charge on any atom is -0.389 e. The molecule has 1 fully saturated rings. The number of halogens is 1. The smallest absolute Gasteiger partial charge is 0.275 e. The van der Waals surface area contributed by atoms with Crippen LogP contribution in [-0.2, 0) is 0 Å². The van der Waals surface area contributed by atoms with E-state index in [-0.39, 0.29) is 11.6 Å². The first-order chi connectivity index (χ1) is 9.13. The highest BCUT2D eigenvalue weighted by Crippen LogP contribution is 2.31. The van der Waals surface area contributed by atoms with Crippen molar-refractivity contribution >= 4 is 33.6 Å². The van der Waals surface area contributed by atoms with Gasteiger partial charge in [0.15, 0.2) is 0 Å². The number of nitrogens with one attached hydrogen (secondary N) is 3. The molecule has 102 valence electrons. The Hall–Kier alpha value is -0.970. The Morgan fingerprint density at radius 1 is 1.32 bits per heavy atom. The number of aromatic nitrogens is 3. The van der Waals surface area contributed by atoms with Crippen molar-refractivity contribution in [2.24, 2.45) is 0 Å². The lowest BCUT2D eigenvalue weighted by Crippen LogP contribution is -2.34. The number of aromatic amines is 2. The molecule has 0 aromatic carbocycles. The van der Waals surface area contributed by atoms with Gasteiger partial charge in [-0.05, 0) is 0 Å². The molecular formula is C11H13IN4O3. The van der Waals surface area contributed by atoms with Crippen LogP contribution in [0.5, 0.6) is 0 Å². The third-order valence-corrected chi connectivity index (χ3v) is 4.45. The minimum absolute atomic E-state index is 0.174. The Morgan fingerprint density at radius 3 is 2.79 bits per heavy atom. The van der Waals surface area contributed by atoms with Gasteiger partial charge in [0, 0.05) is 22.2 Å². The monoisotopic (exact) mass is 376 g/mol. The summed E-state index contributed by atoms with van der Waals surface area (Å²) in [6, 6.07) is -0.606. The third-order valence-electron chi connectivity index (χ3n) is 3.50. The fourth-order valence-corrected chi connectivity index (χ4v) is 3.26. The molecule has 1 aliphatic heterocycles. The summed E-state index contributed by atoms with van der Waals surface area (Å²) in [5, 5.41) is 23.2. The summed E-state index contributed by atoms with van der Waals surface area (Å²) in [6.45, 7) is 0. The number of hydrogen-bond donors (Lipinski definition) is 5. The van der Waals surface area contributed by atoms with E-state index in [1.807, 2.05) is 0 Å². The number of nitrogens with zero attached hydrogens (tertiary/aromatic N) is 1. The van der Waals surface area contributed by atoms with Gasteiger partial charge in [0.25, 0.3) is 5.56 Å². The lowest BCUT2D eigenvalue weighted by molar-refractivity contribution is 0.0311. The molecule has 8 heteroatoms. The van der Waals surface area contributed by atoms with Gasteiger partial charge in [-0.25, -0.2) is 4.98 Å². The number of H-pyrrole nitrogens is 2. The van der Waals surface area contributed by atoms with Gasteiger partial charge in [-0.3, -0.25) is 4.79 Å². The van der Waals surface area contributed by atoms with Gasteiger partial charge in [0.1, 0.15) is 17.1 Å². The summed E-state index contributed by atoms with van der Waals surface area (Å²) < 4.78 is 0.683. The standard InChI is InChI=1S/C11H13IN4O3/c12-1-5-9(17)10(18)7(16-5)4-2-13-8-6(4)14-3-15-11(8)19/h2-3,5,7,9-10,13,16-18H,1H2,(H,14,15,19)/t5-,7+,9-,10+/m1/s1. The van der Waals surface area contributed by atoms with Crippen LogP contribution in [0.1, 0.15) is 11.6 Å². The van der Waals surface area contributed by atoms with Crippen molar-refractivity contribution in [1.82, 2.24) is 20.3 Å². The van der Waals surface area contributed by atoms with Gasteiger partial charge >= 0.3 is 0 Å². The summed E-state index contributed by atoms with van der Waals surface area (Å²) in [4.78, 5) is 21.1. The molecule has 0 bridgehead atoms. The summed E-state index contributed by atoms with van der Waals surface area (Å²) >= 11 is 2.15. The number of rotatable bonds is 2. The van der Waals surface area contributed by atoms with E-state index in [4.69, 9.17) is 0 Å². The molecule has 2 aromatic heterocycles. The zero-order valence-corrected chi connectivity index (χ0v) is 12.0. The molecular weight excluding hydrogens is 363 g/mol. The summed E-state index contributed by atoms with van der Waals surface area (Å²) in [6.07, 6.45) is 1.24. The first kappa shape index (κ1) is 13.0. The Balaban J connectivity index is 2.06. The topological polar surface area (TPSA) is 114 Å². The fourth-order valence-electron chi connectivity index (χ4n) is 2.48. The number of hydrogen-bond acceptors (Lipinski definition) is 5. The van der Waals surface area contributed by atoms with E-state index in [9.17, 15) is 15.0 Å². The van der Waals surface area contributed by atoms with Crippen molar-refractivity contribution < 1.29 is 10.2 Å². The lowest BCUT2D eigenvalue weighted by atomic mass is 10.0. The van der Waals surface area contributed by atoms with Gasteiger partial charge in [-0.1, -0.05) is 22.6 Å². The van der Waals surface area contributed by atoms with Crippen LogP contribution in [0.25, 0.3) is 11.0 Å². The van der Waals surface area contributed by atoms with Crippen molar-refractivity contribution in [3.05, 3.63) is 28.4 Å². The molecule has 1 aliphatic rings. The zero-order chi connectivity index (χ0) is 13.6. The second kappa shape index (κ2) is 4.85. The average molecular weight is 376 g/mol. The highest BCUT2D eigenvalue weighted by atomic mass is 127. The summed E-state index contributed by atoms with van der Waals surface area (Å²) in [7, 11) is 0. The molecule has 5 N–H and O–H groups in total. The van der Waals surface area contributed by atoms with E-state index in [2.05, 4.69) is 42.9 Å². The van der Waals surface area contributed by atoms with Crippen molar-refractivity contribution in [1.29, 1.82) is 0 Å². The van der Waals surface area contributed by atoms with Gasteiger partial charge in [-0.15, -0.1) is 0 Å².